The predicted octanol–water partition coefficient (Wildman–Crippen LogP) is 3.08. The van der Waals surface area contributed by atoms with Gasteiger partial charge < -0.3 is 14.8 Å². The fraction of sp³-hybridized carbons (Fsp3) is 0.176. The molecular weight excluding hydrogens is 320 g/mol. The fourth-order valence-corrected chi connectivity index (χ4v) is 1.97. The van der Waals surface area contributed by atoms with E-state index in [0.29, 0.717) is 17.5 Å². The van der Waals surface area contributed by atoms with Crippen LogP contribution in [0.1, 0.15) is 15.9 Å². The predicted molar refractivity (Wildman–Crippen MR) is 83.0 cm³/mol. The molecule has 0 aromatic heterocycles. The Morgan fingerprint density at radius 1 is 1.12 bits per heavy atom. The molecule has 24 heavy (non-hydrogen) atoms. The number of carbonyl (C=O) groups excluding carboxylic acids is 2. The maximum atomic E-state index is 13.5. The van der Waals surface area contributed by atoms with Crippen LogP contribution in [0.3, 0.4) is 0 Å². The molecule has 1 N–H and O–H groups in total. The van der Waals surface area contributed by atoms with Crippen molar-refractivity contribution in [3.8, 4) is 5.75 Å². The molecule has 1 amide bonds. The number of halogens is 2. The van der Waals surface area contributed by atoms with Gasteiger partial charge in [-0.3, -0.25) is 4.79 Å². The monoisotopic (exact) mass is 335 g/mol. The smallest absolute Gasteiger partial charge is 0.341 e. The SMILES string of the molecule is COc1ccc(C)cc1NC(=O)COC(=O)c1ccc(F)cc1F. The van der Waals surface area contributed by atoms with Crippen molar-refractivity contribution in [2.24, 2.45) is 0 Å². The summed E-state index contributed by atoms with van der Waals surface area (Å²) in [5, 5.41) is 2.54. The topological polar surface area (TPSA) is 64.6 Å². The van der Waals surface area contributed by atoms with Gasteiger partial charge >= 0.3 is 5.97 Å². The molecule has 126 valence electrons. The zero-order chi connectivity index (χ0) is 17.7. The Hall–Kier alpha value is -2.96. The third-order valence-corrected chi connectivity index (χ3v) is 3.11. The van der Waals surface area contributed by atoms with E-state index in [4.69, 9.17) is 9.47 Å². The molecule has 0 bridgehead atoms. The van der Waals surface area contributed by atoms with E-state index in [0.717, 1.165) is 17.7 Å². The molecule has 0 aliphatic rings. The lowest BCUT2D eigenvalue weighted by Crippen LogP contribution is -2.21. The summed E-state index contributed by atoms with van der Waals surface area (Å²) in [5.74, 6) is -3.09. The first-order chi connectivity index (χ1) is 11.4. The maximum absolute atomic E-state index is 13.5. The molecule has 0 saturated carbocycles. The van der Waals surface area contributed by atoms with E-state index in [-0.39, 0.29) is 0 Å². The number of aryl methyl sites for hydroxylation is 1. The van der Waals surface area contributed by atoms with Gasteiger partial charge in [0.15, 0.2) is 6.61 Å². The van der Waals surface area contributed by atoms with Crippen LogP contribution in [0.5, 0.6) is 5.75 Å². The van der Waals surface area contributed by atoms with Crippen LogP contribution in [0.2, 0.25) is 0 Å². The van der Waals surface area contributed by atoms with Crippen LogP contribution in [0.4, 0.5) is 14.5 Å². The molecule has 0 aliphatic heterocycles. The Balaban J connectivity index is 1.98. The highest BCUT2D eigenvalue weighted by molar-refractivity contribution is 5.96. The van der Waals surface area contributed by atoms with Crippen molar-refractivity contribution in [3.05, 3.63) is 59.2 Å². The van der Waals surface area contributed by atoms with Crippen LogP contribution in [0.15, 0.2) is 36.4 Å². The number of carbonyl (C=O) groups is 2. The second kappa shape index (κ2) is 7.54. The lowest BCUT2D eigenvalue weighted by Gasteiger charge is -2.11. The highest BCUT2D eigenvalue weighted by Gasteiger charge is 2.16. The number of esters is 1. The van der Waals surface area contributed by atoms with Crippen molar-refractivity contribution >= 4 is 17.6 Å². The molecule has 2 aromatic rings. The molecule has 0 spiro atoms. The molecular formula is C17H15F2NO4. The Bertz CT molecular complexity index is 777. The van der Waals surface area contributed by atoms with Gasteiger partial charge in [-0.25, -0.2) is 13.6 Å². The number of nitrogens with one attached hydrogen (secondary N) is 1. The highest BCUT2D eigenvalue weighted by atomic mass is 19.1. The van der Waals surface area contributed by atoms with Crippen molar-refractivity contribution < 1.29 is 27.8 Å². The molecule has 0 heterocycles. The molecule has 2 aromatic carbocycles. The molecule has 0 radical (unpaired) electrons. The van der Waals surface area contributed by atoms with Crippen molar-refractivity contribution in [2.45, 2.75) is 6.92 Å². The second-order valence-electron chi connectivity index (χ2n) is 4.95. The summed E-state index contributed by atoms with van der Waals surface area (Å²) in [5.41, 5.74) is 0.875. The molecule has 0 unspecified atom stereocenters. The van der Waals surface area contributed by atoms with Crippen molar-refractivity contribution in [1.29, 1.82) is 0 Å². The van der Waals surface area contributed by atoms with Gasteiger partial charge in [0.25, 0.3) is 5.91 Å². The summed E-state index contributed by atoms with van der Waals surface area (Å²) < 4.78 is 36.1. The van der Waals surface area contributed by atoms with Gasteiger partial charge in [0.1, 0.15) is 17.4 Å². The highest BCUT2D eigenvalue weighted by Crippen LogP contribution is 2.25. The molecule has 5 nitrogen and oxygen atoms in total. The van der Waals surface area contributed by atoms with Gasteiger partial charge in [-0.1, -0.05) is 6.07 Å². The summed E-state index contributed by atoms with van der Waals surface area (Å²) in [6, 6.07) is 7.63. The minimum absolute atomic E-state index is 0.423. The molecule has 0 aliphatic carbocycles. The van der Waals surface area contributed by atoms with Crippen LogP contribution in [-0.4, -0.2) is 25.6 Å². The third kappa shape index (κ3) is 4.28. The molecule has 7 heteroatoms. The summed E-state index contributed by atoms with van der Waals surface area (Å²) in [7, 11) is 1.46. The molecule has 2 rings (SSSR count). The normalized spacial score (nSPS) is 10.2. The lowest BCUT2D eigenvalue weighted by atomic mass is 10.2. The quantitative estimate of drug-likeness (QED) is 0.853. The Kier molecular flexibility index (Phi) is 5.47. The van der Waals surface area contributed by atoms with Gasteiger partial charge in [0.2, 0.25) is 0 Å². The number of methoxy groups -OCH3 is 1. The van der Waals surface area contributed by atoms with Gasteiger partial charge in [-0.15, -0.1) is 0 Å². The van der Waals surface area contributed by atoms with E-state index in [9.17, 15) is 18.4 Å². The van der Waals surface area contributed by atoms with Crippen LogP contribution in [0, 0.1) is 18.6 Å². The van der Waals surface area contributed by atoms with Crippen LogP contribution in [0.25, 0.3) is 0 Å². The Morgan fingerprint density at radius 2 is 1.88 bits per heavy atom. The van der Waals surface area contributed by atoms with Gasteiger partial charge in [0.05, 0.1) is 18.4 Å². The summed E-state index contributed by atoms with van der Waals surface area (Å²) in [6.45, 7) is 1.22. The van der Waals surface area contributed by atoms with Gasteiger partial charge in [0, 0.05) is 6.07 Å². The molecule has 0 atom stereocenters. The first-order valence-electron chi connectivity index (χ1n) is 6.97. The number of amides is 1. The second-order valence-corrected chi connectivity index (χ2v) is 4.95. The van der Waals surface area contributed by atoms with Crippen molar-refractivity contribution in [3.63, 3.8) is 0 Å². The van der Waals surface area contributed by atoms with E-state index in [1.807, 2.05) is 13.0 Å². The number of benzene rings is 2. The fourth-order valence-electron chi connectivity index (χ4n) is 1.97. The minimum Gasteiger partial charge on any atom is -0.495 e. The first-order valence-corrected chi connectivity index (χ1v) is 6.97. The average Bonchev–Trinajstić information content (AvgIpc) is 2.53. The van der Waals surface area contributed by atoms with Crippen LogP contribution < -0.4 is 10.1 Å². The van der Waals surface area contributed by atoms with Crippen LogP contribution >= 0.6 is 0 Å². The van der Waals surface area contributed by atoms with E-state index >= 15 is 0 Å². The largest absolute Gasteiger partial charge is 0.495 e. The zero-order valence-electron chi connectivity index (χ0n) is 13.1. The van der Waals surface area contributed by atoms with Crippen LogP contribution in [-0.2, 0) is 9.53 Å². The Morgan fingerprint density at radius 3 is 2.54 bits per heavy atom. The van der Waals surface area contributed by atoms with E-state index in [1.165, 1.54) is 7.11 Å². The minimum atomic E-state index is -1.06. The number of anilines is 1. The average molecular weight is 335 g/mol. The number of rotatable bonds is 5. The lowest BCUT2D eigenvalue weighted by molar-refractivity contribution is -0.119. The maximum Gasteiger partial charge on any atom is 0.341 e. The molecule has 0 fully saturated rings. The number of ether oxygens (including phenoxy) is 2. The van der Waals surface area contributed by atoms with E-state index in [1.54, 1.807) is 12.1 Å². The third-order valence-electron chi connectivity index (χ3n) is 3.11. The van der Waals surface area contributed by atoms with Crippen molar-refractivity contribution in [1.82, 2.24) is 0 Å². The first kappa shape index (κ1) is 17.4. The summed E-state index contributed by atoms with van der Waals surface area (Å²) >= 11 is 0. The standard InChI is InChI=1S/C17H15F2NO4/c1-10-3-6-15(23-2)14(7-10)20-16(21)9-24-17(22)12-5-4-11(18)8-13(12)19/h3-8H,9H2,1-2H3,(H,20,21). The van der Waals surface area contributed by atoms with E-state index in [2.05, 4.69) is 5.32 Å². The zero-order valence-corrected chi connectivity index (χ0v) is 13.1. The Labute approximate surface area is 137 Å². The van der Waals surface area contributed by atoms with E-state index < -0.39 is 35.7 Å². The summed E-state index contributed by atoms with van der Waals surface area (Å²) in [4.78, 5) is 23.6. The number of hydrogen-bond acceptors (Lipinski definition) is 4. The van der Waals surface area contributed by atoms with Gasteiger partial charge in [-0.05, 0) is 36.8 Å². The number of hydrogen-bond donors (Lipinski definition) is 1. The molecule has 0 saturated heterocycles. The summed E-state index contributed by atoms with van der Waals surface area (Å²) in [6.07, 6.45) is 0. The van der Waals surface area contributed by atoms with Crippen molar-refractivity contribution in [2.75, 3.05) is 19.0 Å². The van der Waals surface area contributed by atoms with Gasteiger partial charge in [-0.2, -0.15) is 0 Å².